The number of halogens is 2. The Morgan fingerprint density at radius 2 is 1.64 bits per heavy atom. The van der Waals surface area contributed by atoms with Gasteiger partial charge in [-0.3, -0.25) is 29.1 Å². The van der Waals surface area contributed by atoms with Gasteiger partial charge in [0.05, 0.1) is 11.8 Å². The Bertz CT molecular complexity index is 2250. The Kier molecular flexibility index (Phi) is 11.8. The molecule has 3 saturated heterocycles. The van der Waals surface area contributed by atoms with Gasteiger partial charge in [-0.1, -0.05) is 24.3 Å². The fourth-order valence-corrected chi connectivity index (χ4v) is 9.11. The lowest BCUT2D eigenvalue weighted by Crippen LogP contribution is -2.54. The van der Waals surface area contributed by atoms with E-state index in [4.69, 9.17) is 0 Å². The summed E-state index contributed by atoms with van der Waals surface area (Å²) < 4.78 is 31.7. The molecule has 1 aliphatic carbocycles. The number of hydrogen-bond donors (Lipinski definition) is 4. The van der Waals surface area contributed by atoms with E-state index in [2.05, 4.69) is 30.8 Å². The van der Waals surface area contributed by atoms with Crippen molar-refractivity contribution in [2.75, 3.05) is 43.4 Å². The number of benzene rings is 2. The minimum Gasteiger partial charge on any atom is -0.388 e. The SMILES string of the molecule is O=C1CCC(Nc2ccc(C3CCN(CC4(O)CCN(C(=O)[C@H]5CC[C@H](Nc6ncc(F)c(-c7cccc(-n8ccccc8=O)c7)n6)CC5)CC4)CC3)c(F)c2)C(=O)N1. The third-order valence-corrected chi connectivity index (χ3v) is 12.5. The predicted octanol–water partition coefficient (Wildman–Crippen LogP) is 4.99. The van der Waals surface area contributed by atoms with Crippen molar-refractivity contribution in [3.63, 3.8) is 0 Å². The van der Waals surface area contributed by atoms with E-state index in [0.717, 1.165) is 45.0 Å². The van der Waals surface area contributed by atoms with Crippen LogP contribution < -0.4 is 21.5 Å². The van der Waals surface area contributed by atoms with Crippen molar-refractivity contribution in [3.05, 3.63) is 101 Å². The number of amides is 3. The first-order valence-electron chi connectivity index (χ1n) is 20.7. The molecule has 59 heavy (non-hydrogen) atoms. The lowest BCUT2D eigenvalue weighted by molar-refractivity contribution is -0.141. The van der Waals surface area contributed by atoms with Crippen molar-refractivity contribution >= 4 is 29.4 Å². The smallest absolute Gasteiger partial charge is 0.255 e. The van der Waals surface area contributed by atoms with Crippen molar-refractivity contribution in [1.82, 2.24) is 29.7 Å². The topological polar surface area (TPSA) is 162 Å². The average molecular weight is 809 g/mol. The lowest BCUT2D eigenvalue weighted by atomic mass is 9.83. The molecule has 4 aliphatic rings. The third kappa shape index (κ3) is 9.36. The van der Waals surface area contributed by atoms with Crippen LogP contribution in [0.3, 0.4) is 0 Å². The molecular weight excluding hydrogens is 759 g/mol. The third-order valence-electron chi connectivity index (χ3n) is 12.5. The number of β-amino-alcohol motifs (C(OH)–C–C–N with tert-alkyl or cyclic N) is 1. The number of rotatable bonds is 10. The molecule has 15 heteroatoms. The van der Waals surface area contributed by atoms with E-state index in [9.17, 15) is 28.7 Å². The number of imide groups is 1. The number of anilines is 2. The highest BCUT2D eigenvalue weighted by Gasteiger charge is 2.39. The van der Waals surface area contributed by atoms with Gasteiger partial charge in [-0.05, 0) is 113 Å². The fraction of sp³-hybridized carbons (Fsp3) is 0.455. The number of aliphatic hydroxyl groups is 1. The zero-order chi connectivity index (χ0) is 41.1. The van der Waals surface area contributed by atoms with Crippen molar-refractivity contribution in [2.45, 2.75) is 87.8 Å². The first-order valence-corrected chi connectivity index (χ1v) is 20.7. The average Bonchev–Trinajstić information content (AvgIpc) is 3.23. The highest BCUT2D eigenvalue weighted by Crippen LogP contribution is 2.35. The molecule has 1 atom stereocenters. The first kappa shape index (κ1) is 40.2. The van der Waals surface area contributed by atoms with Gasteiger partial charge in [-0.2, -0.15) is 0 Å². The largest absolute Gasteiger partial charge is 0.388 e. The Balaban J connectivity index is 0.776. The van der Waals surface area contributed by atoms with Crippen molar-refractivity contribution in [2.24, 2.45) is 5.92 Å². The van der Waals surface area contributed by atoms with E-state index in [0.29, 0.717) is 80.2 Å². The summed E-state index contributed by atoms with van der Waals surface area (Å²) in [7, 11) is 0. The normalized spacial score (nSPS) is 22.8. The summed E-state index contributed by atoms with van der Waals surface area (Å²) in [5.74, 6) is -1.20. The summed E-state index contributed by atoms with van der Waals surface area (Å²) in [6.45, 7) is 2.98. The van der Waals surface area contributed by atoms with Gasteiger partial charge < -0.3 is 25.5 Å². The van der Waals surface area contributed by atoms with E-state index in [-0.39, 0.29) is 53.2 Å². The molecule has 4 aromatic rings. The lowest BCUT2D eigenvalue weighted by Gasteiger charge is -2.43. The number of likely N-dealkylation sites (tertiary alicyclic amines) is 2. The number of hydrogen-bond acceptors (Lipinski definition) is 10. The Morgan fingerprint density at radius 1 is 0.864 bits per heavy atom. The maximum Gasteiger partial charge on any atom is 0.255 e. The van der Waals surface area contributed by atoms with Crippen LogP contribution in [0.2, 0.25) is 0 Å². The van der Waals surface area contributed by atoms with Crippen LogP contribution in [-0.4, -0.2) is 97.6 Å². The quantitative estimate of drug-likeness (QED) is 0.161. The summed E-state index contributed by atoms with van der Waals surface area (Å²) in [5, 5.41) is 20.3. The summed E-state index contributed by atoms with van der Waals surface area (Å²) in [6.07, 6.45) is 8.82. The summed E-state index contributed by atoms with van der Waals surface area (Å²) >= 11 is 0. The van der Waals surface area contributed by atoms with Crippen LogP contribution in [0.1, 0.15) is 75.7 Å². The van der Waals surface area contributed by atoms with E-state index in [1.54, 1.807) is 54.7 Å². The molecule has 4 fully saturated rings. The van der Waals surface area contributed by atoms with Gasteiger partial charge in [0, 0.05) is 67.2 Å². The van der Waals surface area contributed by atoms with Gasteiger partial charge in [0.15, 0.2) is 5.82 Å². The fourth-order valence-electron chi connectivity index (χ4n) is 9.11. The van der Waals surface area contributed by atoms with Crippen molar-refractivity contribution in [3.8, 4) is 16.9 Å². The van der Waals surface area contributed by atoms with Gasteiger partial charge in [0.1, 0.15) is 17.6 Å². The minimum atomic E-state index is -0.894. The summed E-state index contributed by atoms with van der Waals surface area (Å²) in [6, 6.07) is 16.3. The standard InChI is InChI=1S/C44H50F2N8O5/c45-35-25-32(48-37-13-14-38(55)50-41(37)57)11-12-34(35)28-15-20-52(21-16-28)27-44(59)17-22-53(23-18-44)42(58)29-7-9-31(10-8-29)49-43-47-26-36(46)40(51-43)30-4-3-5-33(24-30)54-19-2-1-6-39(54)56/h1-6,11-12,19,24-26,28-29,31,37,48,59H,7-10,13-18,20-23,27H2,(H,47,49,51)(H,50,55,57)/t29-,31-,37?. The van der Waals surface area contributed by atoms with Crippen LogP contribution in [0.25, 0.3) is 16.9 Å². The number of carbonyl (C=O) groups is 3. The van der Waals surface area contributed by atoms with E-state index >= 15 is 4.39 Å². The number of aromatic nitrogens is 3. The van der Waals surface area contributed by atoms with Crippen LogP contribution in [-0.2, 0) is 14.4 Å². The van der Waals surface area contributed by atoms with E-state index < -0.39 is 23.4 Å². The molecule has 5 heterocycles. The van der Waals surface area contributed by atoms with Gasteiger partial charge in [0.25, 0.3) is 5.56 Å². The summed E-state index contributed by atoms with van der Waals surface area (Å²) in [5.41, 5.74) is 1.31. The maximum atomic E-state index is 15.3. The highest BCUT2D eigenvalue weighted by atomic mass is 19.1. The van der Waals surface area contributed by atoms with Gasteiger partial charge >= 0.3 is 0 Å². The molecule has 1 saturated carbocycles. The molecule has 310 valence electrons. The second-order valence-corrected chi connectivity index (χ2v) is 16.5. The molecule has 2 aromatic heterocycles. The van der Waals surface area contributed by atoms with Crippen LogP contribution in [0.15, 0.2) is 77.9 Å². The molecular formula is C44H50F2N8O5. The Morgan fingerprint density at radius 3 is 2.37 bits per heavy atom. The zero-order valence-electron chi connectivity index (χ0n) is 32.9. The molecule has 4 N–H and O–H groups in total. The number of pyridine rings is 1. The Hall–Kier alpha value is -5.54. The van der Waals surface area contributed by atoms with Crippen LogP contribution in [0.4, 0.5) is 20.4 Å². The second kappa shape index (κ2) is 17.4. The minimum absolute atomic E-state index is 0.0278. The predicted molar refractivity (Wildman–Crippen MR) is 218 cm³/mol. The molecule has 3 amide bonds. The van der Waals surface area contributed by atoms with Gasteiger partial charge in [-0.15, -0.1) is 0 Å². The number of piperidine rings is 3. The first-order chi connectivity index (χ1) is 28.5. The summed E-state index contributed by atoms with van der Waals surface area (Å²) in [4.78, 5) is 62.4. The zero-order valence-corrected chi connectivity index (χ0v) is 32.9. The molecule has 0 radical (unpaired) electrons. The van der Waals surface area contributed by atoms with E-state index in [1.807, 2.05) is 4.90 Å². The maximum absolute atomic E-state index is 15.3. The van der Waals surface area contributed by atoms with E-state index in [1.165, 1.54) is 16.7 Å². The highest BCUT2D eigenvalue weighted by molar-refractivity contribution is 6.01. The number of nitrogens with zero attached hydrogens (tertiary/aromatic N) is 5. The number of nitrogens with one attached hydrogen (secondary N) is 3. The molecule has 1 unspecified atom stereocenters. The Labute approximate surface area is 341 Å². The van der Waals surface area contributed by atoms with Crippen LogP contribution in [0, 0.1) is 17.6 Å². The molecule has 2 aromatic carbocycles. The molecule has 13 nitrogen and oxygen atoms in total. The second-order valence-electron chi connectivity index (χ2n) is 16.5. The van der Waals surface area contributed by atoms with Crippen LogP contribution in [0.5, 0.6) is 0 Å². The monoisotopic (exact) mass is 808 g/mol. The van der Waals surface area contributed by atoms with Gasteiger partial charge in [-0.25, -0.2) is 18.7 Å². The molecule has 8 rings (SSSR count). The number of carbonyl (C=O) groups excluding carboxylic acids is 3. The molecule has 0 bridgehead atoms. The molecule has 0 spiro atoms. The van der Waals surface area contributed by atoms with Crippen molar-refractivity contribution in [1.29, 1.82) is 0 Å². The van der Waals surface area contributed by atoms with Crippen LogP contribution >= 0.6 is 0 Å². The molecule has 3 aliphatic heterocycles. The van der Waals surface area contributed by atoms with Gasteiger partial charge in [0.2, 0.25) is 23.7 Å². The van der Waals surface area contributed by atoms with Crippen molar-refractivity contribution < 1.29 is 28.3 Å².